The summed E-state index contributed by atoms with van der Waals surface area (Å²) in [6, 6.07) is 53.9. The molecule has 0 spiro atoms. The third kappa shape index (κ3) is 5.35. The van der Waals surface area contributed by atoms with E-state index in [-0.39, 0.29) is 0 Å². The number of nitrogens with zero attached hydrogens (tertiary/aromatic N) is 5. The van der Waals surface area contributed by atoms with Crippen LogP contribution in [0, 0.1) is 0 Å². The van der Waals surface area contributed by atoms with Gasteiger partial charge in [-0.25, -0.2) is 24.9 Å². The molecule has 8 heteroatoms. The Morgan fingerprint density at radius 2 is 0.855 bits per heavy atom. The summed E-state index contributed by atoms with van der Waals surface area (Å²) in [4.78, 5) is 24.3. The van der Waals surface area contributed by atoms with Gasteiger partial charge in [0.15, 0.2) is 28.6 Å². The highest BCUT2D eigenvalue weighted by atomic mass is 16.4. The summed E-state index contributed by atoms with van der Waals surface area (Å²) in [5, 5.41) is 2.00. The minimum Gasteiger partial charge on any atom is -0.455 e. The van der Waals surface area contributed by atoms with E-state index in [0.29, 0.717) is 40.4 Å². The average molecular weight is 710 g/mol. The first-order chi connectivity index (χ1) is 27.2. The molecule has 0 fully saturated rings. The van der Waals surface area contributed by atoms with Crippen molar-refractivity contribution >= 4 is 44.1 Å². The molecule has 0 bridgehead atoms. The van der Waals surface area contributed by atoms with Crippen LogP contribution < -0.4 is 0 Å². The Balaban J connectivity index is 0.975. The van der Waals surface area contributed by atoms with E-state index >= 15 is 0 Å². The Morgan fingerprint density at radius 3 is 1.58 bits per heavy atom. The Labute approximate surface area is 313 Å². The molecule has 11 aromatic rings. The molecule has 0 N–H and O–H groups in total. The fraction of sp³-hybridized carbons (Fsp3) is 0. The highest BCUT2D eigenvalue weighted by molar-refractivity contribution is 6.12. The molecule has 0 unspecified atom stereocenters. The van der Waals surface area contributed by atoms with E-state index in [1.807, 2.05) is 127 Å². The lowest BCUT2D eigenvalue weighted by Crippen LogP contribution is -2.00. The molecule has 0 saturated carbocycles. The third-order valence-corrected chi connectivity index (χ3v) is 9.81. The summed E-state index contributed by atoms with van der Waals surface area (Å²) < 4.78 is 19.2. The summed E-state index contributed by atoms with van der Waals surface area (Å²) in [7, 11) is 0. The lowest BCUT2D eigenvalue weighted by molar-refractivity contribution is 0.615. The van der Waals surface area contributed by atoms with Crippen molar-refractivity contribution in [3.8, 4) is 68.2 Å². The zero-order valence-electron chi connectivity index (χ0n) is 29.0. The van der Waals surface area contributed by atoms with Crippen molar-refractivity contribution in [2.75, 3.05) is 0 Å². The summed E-state index contributed by atoms with van der Waals surface area (Å²) in [5.74, 6) is 2.79. The number of hydrogen-bond acceptors (Lipinski definition) is 8. The summed E-state index contributed by atoms with van der Waals surface area (Å²) in [6.45, 7) is 0. The van der Waals surface area contributed by atoms with Crippen LogP contribution in [0.5, 0.6) is 0 Å². The molecule has 11 rings (SSSR count). The second-order valence-electron chi connectivity index (χ2n) is 13.3. The predicted octanol–water partition coefficient (Wildman–Crippen LogP) is 12.1. The van der Waals surface area contributed by atoms with Crippen molar-refractivity contribution in [2.24, 2.45) is 0 Å². The predicted molar refractivity (Wildman–Crippen MR) is 215 cm³/mol. The highest BCUT2D eigenvalue weighted by Crippen LogP contribution is 2.41. The van der Waals surface area contributed by atoms with Crippen LogP contribution in [0.3, 0.4) is 0 Å². The van der Waals surface area contributed by atoms with E-state index in [4.69, 9.17) is 38.2 Å². The minimum absolute atomic E-state index is 0.509. The Hall–Kier alpha value is -7.71. The molecule has 0 radical (unpaired) electrons. The number of para-hydroxylation sites is 4. The Morgan fingerprint density at radius 1 is 0.309 bits per heavy atom. The zero-order valence-corrected chi connectivity index (χ0v) is 29.0. The van der Waals surface area contributed by atoms with Crippen LogP contribution in [0.25, 0.3) is 112 Å². The molecule has 0 aliphatic heterocycles. The highest BCUT2D eigenvalue weighted by Gasteiger charge is 2.20. The lowest BCUT2D eigenvalue weighted by atomic mass is 10.00. The first-order valence-corrected chi connectivity index (χ1v) is 17.9. The first kappa shape index (κ1) is 30.9. The summed E-state index contributed by atoms with van der Waals surface area (Å²) >= 11 is 0. The molecule has 4 heterocycles. The lowest BCUT2D eigenvalue weighted by Gasteiger charge is -2.08. The normalized spacial score (nSPS) is 11.6. The van der Waals surface area contributed by atoms with Crippen molar-refractivity contribution in [1.29, 1.82) is 0 Å². The van der Waals surface area contributed by atoms with Gasteiger partial charge in [0.2, 0.25) is 11.8 Å². The van der Waals surface area contributed by atoms with Crippen molar-refractivity contribution in [3.63, 3.8) is 0 Å². The quantitative estimate of drug-likeness (QED) is 0.168. The smallest absolute Gasteiger partial charge is 0.231 e. The van der Waals surface area contributed by atoms with E-state index in [1.165, 1.54) is 0 Å². The number of rotatable bonds is 6. The van der Waals surface area contributed by atoms with Crippen molar-refractivity contribution in [2.45, 2.75) is 0 Å². The average Bonchev–Trinajstić information content (AvgIpc) is 3.99. The second kappa shape index (κ2) is 12.5. The van der Waals surface area contributed by atoms with Crippen LogP contribution >= 0.6 is 0 Å². The maximum atomic E-state index is 6.69. The molecule has 0 aliphatic rings. The summed E-state index contributed by atoms with van der Waals surface area (Å²) in [6.07, 6.45) is 0. The second-order valence-corrected chi connectivity index (χ2v) is 13.3. The molecule has 0 saturated heterocycles. The van der Waals surface area contributed by atoms with Gasteiger partial charge in [-0.3, -0.25) is 0 Å². The first-order valence-electron chi connectivity index (χ1n) is 17.9. The largest absolute Gasteiger partial charge is 0.455 e. The molecule has 4 aromatic heterocycles. The molecule has 7 aromatic carbocycles. The molecule has 0 aliphatic carbocycles. The maximum Gasteiger partial charge on any atom is 0.231 e. The zero-order chi connectivity index (χ0) is 36.3. The van der Waals surface area contributed by atoms with Gasteiger partial charge in [0.25, 0.3) is 0 Å². The number of oxazole rings is 2. The van der Waals surface area contributed by atoms with Crippen LogP contribution in [-0.2, 0) is 0 Å². The number of furan rings is 1. The fourth-order valence-electron chi connectivity index (χ4n) is 7.15. The van der Waals surface area contributed by atoms with E-state index < -0.39 is 0 Å². The number of fused-ring (bicyclic) bond motifs is 5. The van der Waals surface area contributed by atoms with Gasteiger partial charge in [-0.2, -0.15) is 0 Å². The van der Waals surface area contributed by atoms with Gasteiger partial charge in [0.05, 0.1) is 5.56 Å². The standard InChI is InChI=1S/C47H27N5O3/c1-3-12-28(13-4-1)43-50-44(29-14-5-2-6-15-29)52-45(51-43)31-24-25-40-38(27-31)49-46(53-40)32-17-9-16-30(26-32)33-18-10-19-34-35-20-11-21-36(42(35)55-41(33)34)47-48-37-22-7-8-23-39(37)54-47/h1-27H. The minimum atomic E-state index is 0.509. The van der Waals surface area contributed by atoms with Crippen LogP contribution in [0.15, 0.2) is 177 Å². The van der Waals surface area contributed by atoms with Gasteiger partial charge in [0.1, 0.15) is 22.2 Å². The Kier molecular flexibility index (Phi) is 6.99. The van der Waals surface area contributed by atoms with Crippen molar-refractivity contribution < 1.29 is 13.3 Å². The fourth-order valence-corrected chi connectivity index (χ4v) is 7.15. The van der Waals surface area contributed by atoms with Crippen LogP contribution in [0.2, 0.25) is 0 Å². The van der Waals surface area contributed by atoms with Crippen LogP contribution in [-0.4, -0.2) is 24.9 Å². The molecular formula is C47H27N5O3. The van der Waals surface area contributed by atoms with Gasteiger partial charge in [0, 0.05) is 38.6 Å². The molecule has 55 heavy (non-hydrogen) atoms. The van der Waals surface area contributed by atoms with Gasteiger partial charge in [-0.15, -0.1) is 0 Å². The van der Waals surface area contributed by atoms with E-state index in [9.17, 15) is 0 Å². The molecule has 258 valence electrons. The van der Waals surface area contributed by atoms with Gasteiger partial charge >= 0.3 is 0 Å². The monoisotopic (exact) mass is 709 g/mol. The van der Waals surface area contributed by atoms with Gasteiger partial charge < -0.3 is 13.3 Å². The SMILES string of the molecule is c1ccc(-c2nc(-c3ccccc3)nc(-c3ccc4oc(-c5cccc(-c6cccc7c6oc6c(-c8nc9ccccc9o8)cccc67)c5)nc4c3)n2)cc1. The third-order valence-electron chi connectivity index (χ3n) is 9.81. The summed E-state index contributed by atoms with van der Waals surface area (Å²) in [5.41, 5.74) is 10.6. The topological polar surface area (TPSA) is 104 Å². The van der Waals surface area contributed by atoms with Gasteiger partial charge in [-0.05, 0) is 54.1 Å². The molecule has 8 nitrogen and oxygen atoms in total. The number of benzene rings is 7. The Bertz CT molecular complexity index is 3130. The van der Waals surface area contributed by atoms with Crippen molar-refractivity contribution in [3.05, 3.63) is 164 Å². The maximum absolute atomic E-state index is 6.69. The van der Waals surface area contributed by atoms with E-state index in [2.05, 4.69) is 36.4 Å². The molecule has 0 atom stereocenters. The molecule has 0 amide bonds. The van der Waals surface area contributed by atoms with E-state index in [0.717, 1.165) is 72.0 Å². The van der Waals surface area contributed by atoms with Gasteiger partial charge in [-0.1, -0.05) is 115 Å². The van der Waals surface area contributed by atoms with Crippen LogP contribution in [0.1, 0.15) is 0 Å². The number of aromatic nitrogens is 5. The van der Waals surface area contributed by atoms with Crippen LogP contribution in [0.4, 0.5) is 0 Å². The van der Waals surface area contributed by atoms with E-state index in [1.54, 1.807) is 0 Å². The van der Waals surface area contributed by atoms with Crippen molar-refractivity contribution in [1.82, 2.24) is 24.9 Å². The molecular weight excluding hydrogens is 683 g/mol. The number of hydrogen-bond donors (Lipinski definition) is 0.